The molecule has 3 rings (SSSR count). The molecule has 0 aromatic heterocycles. The van der Waals surface area contributed by atoms with Crippen molar-refractivity contribution in [1.82, 2.24) is 5.32 Å². The van der Waals surface area contributed by atoms with Gasteiger partial charge in [-0.05, 0) is 55.7 Å². The number of hydrogen-bond donors (Lipinski definition) is 2. The molecule has 29 heavy (non-hydrogen) atoms. The first-order valence-corrected chi connectivity index (χ1v) is 10.6. The molecule has 0 spiro atoms. The van der Waals surface area contributed by atoms with Gasteiger partial charge in [0.2, 0.25) is 0 Å². The molecule has 2 aromatic rings. The fourth-order valence-corrected chi connectivity index (χ4v) is 3.43. The molecule has 1 fully saturated rings. The van der Waals surface area contributed by atoms with Gasteiger partial charge in [0.1, 0.15) is 5.75 Å². The number of anilines is 1. The fourth-order valence-electron chi connectivity index (χ4n) is 3.07. The third kappa shape index (κ3) is 6.05. The number of halogens is 1. The lowest BCUT2D eigenvalue weighted by atomic mass is 10.1. The molecule has 0 aliphatic carbocycles. The molecule has 1 heterocycles. The van der Waals surface area contributed by atoms with Crippen LogP contribution in [0.4, 0.5) is 5.69 Å². The van der Waals surface area contributed by atoms with Gasteiger partial charge in [-0.3, -0.25) is 9.59 Å². The summed E-state index contributed by atoms with van der Waals surface area (Å²) in [5.41, 5.74) is 1.46. The van der Waals surface area contributed by atoms with E-state index in [9.17, 15) is 9.59 Å². The van der Waals surface area contributed by atoms with Crippen LogP contribution in [0.1, 0.15) is 46.9 Å². The van der Waals surface area contributed by atoms with Gasteiger partial charge in [0, 0.05) is 28.9 Å². The Morgan fingerprint density at radius 1 is 1.21 bits per heavy atom. The first-order chi connectivity index (χ1) is 14.1. The number of carbonyl (C=O) groups excluding carboxylic acids is 2. The average Bonchev–Trinajstić information content (AvgIpc) is 3.25. The molecule has 7 heteroatoms. The zero-order valence-electron chi connectivity index (χ0n) is 16.4. The maximum absolute atomic E-state index is 12.8. The fraction of sp³-hybridized carbons (Fsp3) is 0.364. The van der Waals surface area contributed by atoms with Crippen molar-refractivity contribution < 1.29 is 19.1 Å². The maximum Gasteiger partial charge on any atom is 0.259 e. The second kappa shape index (κ2) is 10.4. The van der Waals surface area contributed by atoms with E-state index in [4.69, 9.17) is 9.47 Å². The van der Waals surface area contributed by atoms with E-state index in [0.717, 1.165) is 30.3 Å². The molecule has 1 atom stereocenters. The number of benzene rings is 2. The highest BCUT2D eigenvalue weighted by Crippen LogP contribution is 2.25. The Hall–Kier alpha value is -2.38. The Morgan fingerprint density at radius 2 is 2.07 bits per heavy atom. The molecule has 0 radical (unpaired) electrons. The Labute approximate surface area is 179 Å². The average molecular weight is 461 g/mol. The topological polar surface area (TPSA) is 76.7 Å². The standard InChI is InChI=1S/C22H25BrN2O4/c1-2-10-29-20-9-8-16(23)13-19(20)22(27)25-17-6-3-5-15(12-17)21(26)24-14-18-7-4-11-28-18/h3,5-6,8-9,12-13,18H,2,4,7,10-11,14H2,1H3,(H,24,26)(H,25,27). The first-order valence-electron chi connectivity index (χ1n) is 9.80. The predicted octanol–water partition coefficient (Wildman–Crippen LogP) is 4.40. The Morgan fingerprint density at radius 3 is 2.83 bits per heavy atom. The summed E-state index contributed by atoms with van der Waals surface area (Å²) >= 11 is 3.40. The Kier molecular flexibility index (Phi) is 7.66. The molecule has 2 amide bonds. The van der Waals surface area contributed by atoms with Gasteiger partial charge >= 0.3 is 0 Å². The van der Waals surface area contributed by atoms with Gasteiger partial charge in [0.15, 0.2) is 0 Å². The van der Waals surface area contributed by atoms with Gasteiger partial charge in [-0.1, -0.05) is 28.9 Å². The molecule has 0 bridgehead atoms. The molecule has 6 nitrogen and oxygen atoms in total. The molecule has 1 aliphatic rings. The molecular weight excluding hydrogens is 436 g/mol. The van der Waals surface area contributed by atoms with Gasteiger partial charge in [-0.25, -0.2) is 0 Å². The maximum atomic E-state index is 12.8. The third-order valence-electron chi connectivity index (χ3n) is 4.54. The predicted molar refractivity (Wildman–Crippen MR) is 116 cm³/mol. The van der Waals surface area contributed by atoms with Crippen molar-refractivity contribution in [2.45, 2.75) is 32.3 Å². The summed E-state index contributed by atoms with van der Waals surface area (Å²) in [4.78, 5) is 25.2. The van der Waals surface area contributed by atoms with E-state index in [1.807, 2.05) is 13.0 Å². The number of hydrogen-bond acceptors (Lipinski definition) is 4. The second-order valence-corrected chi connectivity index (χ2v) is 7.78. The van der Waals surface area contributed by atoms with Crippen LogP contribution in [-0.2, 0) is 4.74 Å². The molecule has 1 unspecified atom stereocenters. The van der Waals surface area contributed by atoms with Crippen LogP contribution in [0.25, 0.3) is 0 Å². The summed E-state index contributed by atoms with van der Waals surface area (Å²) in [6, 6.07) is 12.2. The lowest BCUT2D eigenvalue weighted by Gasteiger charge is -2.13. The lowest BCUT2D eigenvalue weighted by molar-refractivity contribution is 0.0857. The zero-order valence-corrected chi connectivity index (χ0v) is 18.0. The number of nitrogens with one attached hydrogen (secondary N) is 2. The highest BCUT2D eigenvalue weighted by atomic mass is 79.9. The number of rotatable bonds is 8. The van der Waals surface area contributed by atoms with Crippen LogP contribution in [0, 0.1) is 0 Å². The summed E-state index contributed by atoms with van der Waals surface area (Å²) in [5, 5.41) is 5.74. The normalized spacial score (nSPS) is 15.7. The van der Waals surface area contributed by atoms with Crippen molar-refractivity contribution in [3.05, 3.63) is 58.1 Å². The van der Waals surface area contributed by atoms with Crippen LogP contribution in [0.3, 0.4) is 0 Å². The smallest absolute Gasteiger partial charge is 0.259 e. The van der Waals surface area contributed by atoms with Crippen LogP contribution in [0.15, 0.2) is 46.9 Å². The molecular formula is C22H25BrN2O4. The summed E-state index contributed by atoms with van der Waals surface area (Å²) in [6.45, 7) is 3.78. The van der Waals surface area contributed by atoms with Crippen LogP contribution < -0.4 is 15.4 Å². The minimum absolute atomic E-state index is 0.0832. The van der Waals surface area contributed by atoms with Crippen LogP contribution in [0.5, 0.6) is 5.75 Å². The van der Waals surface area contributed by atoms with Gasteiger partial charge in [-0.15, -0.1) is 0 Å². The van der Waals surface area contributed by atoms with Crippen molar-refractivity contribution in [3.8, 4) is 5.75 Å². The molecule has 1 aliphatic heterocycles. The third-order valence-corrected chi connectivity index (χ3v) is 5.04. The first kappa shape index (κ1) is 21.3. The zero-order chi connectivity index (χ0) is 20.6. The van der Waals surface area contributed by atoms with E-state index in [2.05, 4.69) is 26.6 Å². The summed E-state index contributed by atoms with van der Waals surface area (Å²) in [6.07, 6.45) is 2.92. The van der Waals surface area contributed by atoms with E-state index < -0.39 is 0 Å². The SMILES string of the molecule is CCCOc1ccc(Br)cc1C(=O)Nc1cccc(C(=O)NCC2CCCO2)c1. The van der Waals surface area contributed by atoms with Crippen molar-refractivity contribution in [3.63, 3.8) is 0 Å². The van der Waals surface area contributed by atoms with E-state index in [1.165, 1.54) is 0 Å². The highest BCUT2D eigenvalue weighted by Gasteiger charge is 2.17. The van der Waals surface area contributed by atoms with E-state index in [-0.39, 0.29) is 17.9 Å². The summed E-state index contributed by atoms with van der Waals surface area (Å²) < 4.78 is 12.0. The van der Waals surface area contributed by atoms with Crippen molar-refractivity contribution in [2.24, 2.45) is 0 Å². The minimum atomic E-state index is -0.297. The van der Waals surface area contributed by atoms with Gasteiger partial charge < -0.3 is 20.1 Å². The summed E-state index contributed by atoms with van der Waals surface area (Å²) in [5.74, 6) is 0.0401. The quantitative estimate of drug-likeness (QED) is 0.611. The molecule has 0 saturated carbocycles. The number of amides is 2. The minimum Gasteiger partial charge on any atom is -0.493 e. The summed E-state index contributed by atoms with van der Waals surface area (Å²) in [7, 11) is 0. The van der Waals surface area contributed by atoms with E-state index >= 15 is 0 Å². The molecule has 2 N–H and O–H groups in total. The monoisotopic (exact) mass is 460 g/mol. The van der Waals surface area contributed by atoms with E-state index in [0.29, 0.717) is 35.7 Å². The lowest BCUT2D eigenvalue weighted by Crippen LogP contribution is -2.31. The largest absolute Gasteiger partial charge is 0.493 e. The van der Waals surface area contributed by atoms with Crippen LogP contribution in [0.2, 0.25) is 0 Å². The van der Waals surface area contributed by atoms with Crippen molar-refractivity contribution >= 4 is 33.4 Å². The van der Waals surface area contributed by atoms with Crippen LogP contribution >= 0.6 is 15.9 Å². The Balaban J connectivity index is 1.67. The Bertz CT molecular complexity index is 866. The van der Waals surface area contributed by atoms with Gasteiger partial charge in [-0.2, -0.15) is 0 Å². The molecule has 154 valence electrons. The van der Waals surface area contributed by atoms with E-state index in [1.54, 1.807) is 36.4 Å². The number of ether oxygens (including phenoxy) is 2. The number of carbonyl (C=O) groups is 2. The van der Waals surface area contributed by atoms with Crippen molar-refractivity contribution in [2.75, 3.05) is 25.1 Å². The second-order valence-electron chi connectivity index (χ2n) is 6.87. The van der Waals surface area contributed by atoms with Gasteiger partial charge in [0.25, 0.3) is 11.8 Å². The molecule has 1 saturated heterocycles. The highest BCUT2D eigenvalue weighted by molar-refractivity contribution is 9.10. The van der Waals surface area contributed by atoms with Crippen molar-refractivity contribution in [1.29, 1.82) is 0 Å². The van der Waals surface area contributed by atoms with Gasteiger partial charge in [0.05, 0.1) is 18.3 Å². The molecule has 2 aromatic carbocycles. The van der Waals surface area contributed by atoms with Crippen LogP contribution in [-0.4, -0.2) is 37.7 Å².